The Labute approximate surface area is 161 Å². The maximum atomic E-state index is 12.8. The first kappa shape index (κ1) is 19.6. The Balaban J connectivity index is 1.71. The number of carbonyl (C=O) groups is 1. The van der Waals surface area contributed by atoms with E-state index in [1.54, 1.807) is 12.1 Å². The molecule has 2 aromatic carbocycles. The molecule has 1 aliphatic rings. The molecule has 0 spiro atoms. The maximum Gasteiger partial charge on any atom is 0.238 e. The van der Waals surface area contributed by atoms with Crippen LogP contribution in [-0.4, -0.2) is 14.3 Å². The minimum absolute atomic E-state index is 0.0213. The Bertz CT molecular complexity index is 954. The molecule has 3 N–H and O–H groups in total. The standard InChI is InChI=1S/C21H26N2O3S/c1-20(2,3)16-7-9-17(10-8-16)21(11-12-21)19(24)23-14-15-5-4-6-18(13-15)27(22,25)26/h4-10,13H,11-12,14H2,1-3H3,(H,23,24)(H2,22,25,26). The minimum Gasteiger partial charge on any atom is -0.351 e. The molecule has 0 atom stereocenters. The lowest BCUT2D eigenvalue weighted by Crippen LogP contribution is -2.34. The number of hydrogen-bond acceptors (Lipinski definition) is 3. The van der Waals surface area contributed by atoms with Crippen molar-refractivity contribution in [3.63, 3.8) is 0 Å². The van der Waals surface area contributed by atoms with Crippen LogP contribution in [0.4, 0.5) is 0 Å². The van der Waals surface area contributed by atoms with E-state index in [1.165, 1.54) is 17.7 Å². The highest BCUT2D eigenvalue weighted by atomic mass is 32.2. The van der Waals surface area contributed by atoms with Gasteiger partial charge in [-0.3, -0.25) is 4.79 Å². The average molecular weight is 387 g/mol. The zero-order chi connectivity index (χ0) is 19.9. The summed E-state index contributed by atoms with van der Waals surface area (Å²) in [6, 6.07) is 14.6. The van der Waals surface area contributed by atoms with Crippen LogP contribution in [0.15, 0.2) is 53.4 Å². The summed E-state index contributed by atoms with van der Waals surface area (Å²) in [5.74, 6) is -0.0213. The van der Waals surface area contributed by atoms with Crippen LogP contribution >= 0.6 is 0 Å². The summed E-state index contributed by atoms with van der Waals surface area (Å²) in [6.07, 6.45) is 1.65. The minimum atomic E-state index is -3.75. The van der Waals surface area contributed by atoms with E-state index in [4.69, 9.17) is 5.14 Å². The SMILES string of the molecule is CC(C)(C)c1ccc(C2(C(=O)NCc3cccc(S(N)(=O)=O)c3)CC2)cc1. The van der Waals surface area contributed by atoms with E-state index in [0.717, 1.165) is 18.4 Å². The molecule has 5 nitrogen and oxygen atoms in total. The van der Waals surface area contributed by atoms with Gasteiger partial charge in [0.1, 0.15) is 0 Å². The van der Waals surface area contributed by atoms with Crippen LogP contribution in [0.1, 0.15) is 50.3 Å². The monoisotopic (exact) mass is 386 g/mol. The summed E-state index contributed by atoms with van der Waals surface area (Å²) < 4.78 is 22.9. The van der Waals surface area contributed by atoms with E-state index in [0.29, 0.717) is 5.56 Å². The molecule has 27 heavy (non-hydrogen) atoms. The van der Waals surface area contributed by atoms with E-state index in [1.807, 2.05) is 0 Å². The number of nitrogens with one attached hydrogen (secondary N) is 1. The molecular weight excluding hydrogens is 360 g/mol. The van der Waals surface area contributed by atoms with Gasteiger partial charge in [0.2, 0.25) is 15.9 Å². The Kier molecular flexibility index (Phi) is 4.91. The molecule has 0 aromatic heterocycles. The van der Waals surface area contributed by atoms with Gasteiger partial charge in [-0.2, -0.15) is 0 Å². The average Bonchev–Trinajstić information content (AvgIpc) is 3.40. The molecule has 0 saturated heterocycles. The predicted octanol–water partition coefficient (Wildman–Crippen LogP) is 2.98. The zero-order valence-electron chi connectivity index (χ0n) is 16.0. The van der Waals surface area contributed by atoms with Crippen molar-refractivity contribution in [3.8, 4) is 0 Å². The lowest BCUT2D eigenvalue weighted by atomic mass is 9.85. The number of primary sulfonamides is 1. The van der Waals surface area contributed by atoms with Gasteiger partial charge in [-0.05, 0) is 47.1 Å². The largest absolute Gasteiger partial charge is 0.351 e. The van der Waals surface area contributed by atoms with Crippen molar-refractivity contribution < 1.29 is 13.2 Å². The lowest BCUT2D eigenvalue weighted by Gasteiger charge is -2.21. The number of carbonyl (C=O) groups excluding carboxylic acids is 1. The van der Waals surface area contributed by atoms with Crippen molar-refractivity contribution in [2.24, 2.45) is 5.14 Å². The Morgan fingerprint density at radius 3 is 2.26 bits per heavy atom. The van der Waals surface area contributed by atoms with Gasteiger partial charge < -0.3 is 5.32 Å². The number of benzene rings is 2. The van der Waals surface area contributed by atoms with E-state index < -0.39 is 15.4 Å². The third-order valence-electron chi connectivity index (χ3n) is 5.17. The molecule has 3 rings (SSSR count). The maximum absolute atomic E-state index is 12.8. The fourth-order valence-electron chi connectivity index (χ4n) is 3.25. The van der Waals surface area contributed by atoms with E-state index in [9.17, 15) is 13.2 Å². The fourth-order valence-corrected chi connectivity index (χ4v) is 3.83. The summed E-state index contributed by atoms with van der Waals surface area (Å²) >= 11 is 0. The molecule has 1 amide bonds. The molecule has 0 aliphatic heterocycles. The first-order chi connectivity index (χ1) is 12.5. The van der Waals surface area contributed by atoms with Crippen molar-refractivity contribution in [1.29, 1.82) is 0 Å². The number of nitrogens with two attached hydrogens (primary N) is 1. The van der Waals surface area contributed by atoms with Crippen molar-refractivity contribution in [3.05, 3.63) is 65.2 Å². The van der Waals surface area contributed by atoms with Gasteiger partial charge in [0.05, 0.1) is 10.3 Å². The Morgan fingerprint density at radius 1 is 1.11 bits per heavy atom. The first-order valence-electron chi connectivity index (χ1n) is 9.03. The van der Waals surface area contributed by atoms with Crippen LogP contribution in [0, 0.1) is 0 Å². The molecule has 0 heterocycles. The molecule has 1 saturated carbocycles. The lowest BCUT2D eigenvalue weighted by molar-refractivity contribution is -0.123. The van der Waals surface area contributed by atoms with Gasteiger partial charge in [-0.1, -0.05) is 57.2 Å². The van der Waals surface area contributed by atoms with Gasteiger partial charge >= 0.3 is 0 Å². The van der Waals surface area contributed by atoms with Crippen molar-refractivity contribution >= 4 is 15.9 Å². The van der Waals surface area contributed by atoms with E-state index in [-0.39, 0.29) is 22.8 Å². The van der Waals surface area contributed by atoms with Gasteiger partial charge in [-0.15, -0.1) is 0 Å². The van der Waals surface area contributed by atoms with Gasteiger partial charge in [0.15, 0.2) is 0 Å². The Morgan fingerprint density at radius 2 is 1.74 bits per heavy atom. The Hall–Kier alpha value is -2.18. The highest BCUT2D eigenvalue weighted by molar-refractivity contribution is 7.89. The molecule has 1 aliphatic carbocycles. The molecule has 6 heteroatoms. The van der Waals surface area contributed by atoms with Crippen molar-refractivity contribution in [2.45, 2.75) is 55.9 Å². The second-order valence-corrected chi connectivity index (χ2v) is 9.85. The molecule has 0 radical (unpaired) electrons. The third kappa shape index (κ3) is 4.22. The normalized spacial score (nSPS) is 16.0. The summed E-state index contributed by atoms with van der Waals surface area (Å²) in [7, 11) is -3.75. The van der Waals surface area contributed by atoms with Crippen molar-refractivity contribution in [2.75, 3.05) is 0 Å². The zero-order valence-corrected chi connectivity index (χ0v) is 16.8. The van der Waals surface area contributed by atoms with E-state index in [2.05, 4.69) is 50.4 Å². The number of sulfonamides is 1. The second kappa shape index (κ2) is 6.77. The molecule has 0 bridgehead atoms. The number of hydrogen-bond donors (Lipinski definition) is 2. The molecule has 144 valence electrons. The molecule has 2 aromatic rings. The van der Waals surface area contributed by atoms with Crippen LogP contribution in [0.3, 0.4) is 0 Å². The second-order valence-electron chi connectivity index (χ2n) is 8.28. The van der Waals surface area contributed by atoms with Crippen LogP contribution in [0.2, 0.25) is 0 Å². The smallest absolute Gasteiger partial charge is 0.238 e. The van der Waals surface area contributed by atoms with E-state index >= 15 is 0 Å². The fraction of sp³-hybridized carbons (Fsp3) is 0.381. The number of rotatable bonds is 5. The van der Waals surface area contributed by atoms with Crippen LogP contribution in [-0.2, 0) is 32.2 Å². The van der Waals surface area contributed by atoms with Crippen LogP contribution in [0.5, 0.6) is 0 Å². The predicted molar refractivity (Wildman–Crippen MR) is 106 cm³/mol. The summed E-state index contributed by atoms with van der Waals surface area (Å²) in [5.41, 5.74) is 2.59. The topological polar surface area (TPSA) is 89.3 Å². The molecule has 1 fully saturated rings. The summed E-state index contributed by atoms with van der Waals surface area (Å²) in [4.78, 5) is 12.9. The van der Waals surface area contributed by atoms with Gasteiger partial charge in [-0.25, -0.2) is 13.6 Å². The molecule has 0 unspecified atom stereocenters. The quantitative estimate of drug-likeness (QED) is 0.828. The molecular formula is C21H26N2O3S. The summed E-state index contributed by atoms with van der Waals surface area (Å²) in [6.45, 7) is 6.76. The third-order valence-corrected chi connectivity index (χ3v) is 6.08. The first-order valence-corrected chi connectivity index (χ1v) is 10.6. The van der Waals surface area contributed by atoms with Gasteiger partial charge in [0, 0.05) is 6.54 Å². The van der Waals surface area contributed by atoms with Crippen LogP contribution < -0.4 is 10.5 Å². The highest BCUT2D eigenvalue weighted by Crippen LogP contribution is 2.48. The highest BCUT2D eigenvalue weighted by Gasteiger charge is 2.51. The number of amides is 1. The van der Waals surface area contributed by atoms with Crippen LogP contribution in [0.25, 0.3) is 0 Å². The van der Waals surface area contributed by atoms with Gasteiger partial charge in [0.25, 0.3) is 0 Å². The van der Waals surface area contributed by atoms with Crippen molar-refractivity contribution in [1.82, 2.24) is 5.32 Å². The summed E-state index contributed by atoms with van der Waals surface area (Å²) in [5, 5.41) is 8.11.